The van der Waals surface area contributed by atoms with Crippen LogP contribution in [0.5, 0.6) is 11.5 Å². The molecule has 0 radical (unpaired) electrons. The molecule has 0 aliphatic heterocycles. The lowest BCUT2D eigenvalue weighted by Crippen LogP contribution is -2.28. The summed E-state index contributed by atoms with van der Waals surface area (Å²) in [5.74, 6) is -0.602. The average Bonchev–Trinajstić information content (AvgIpc) is 3.38. The van der Waals surface area contributed by atoms with Crippen molar-refractivity contribution in [3.05, 3.63) is 65.2 Å². The molecule has 210 valence electrons. The number of esters is 2. The summed E-state index contributed by atoms with van der Waals surface area (Å²) in [5.41, 5.74) is 0. The first kappa shape index (κ1) is 30.6. The molecule has 1 unspecified atom stereocenters. The van der Waals surface area contributed by atoms with Gasteiger partial charge in [0.15, 0.2) is 11.9 Å². The van der Waals surface area contributed by atoms with E-state index in [0.717, 1.165) is 0 Å². The molecule has 2 atom stereocenters. The maximum atomic E-state index is 13.2. The number of carbonyl (C=O) groups is 2. The molecule has 0 aliphatic carbocycles. The van der Waals surface area contributed by atoms with E-state index in [0.29, 0.717) is 12.3 Å². The summed E-state index contributed by atoms with van der Waals surface area (Å²) < 4.78 is 49.7. The number of halogens is 3. The second-order valence-corrected chi connectivity index (χ2v) is 11.3. The summed E-state index contributed by atoms with van der Waals surface area (Å²) >= 11 is 18.3. The maximum absolute atomic E-state index is 13.2. The Balaban J connectivity index is 1.69. The first-order valence-corrected chi connectivity index (χ1v) is 14.2. The summed E-state index contributed by atoms with van der Waals surface area (Å²) in [6.45, 7) is 2.79. The molecule has 0 saturated carbocycles. The zero-order valence-electron chi connectivity index (χ0n) is 20.9. The van der Waals surface area contributed by atoms with Crippen molar-refractivity contribution in [3.8, 4) is 11.5 Å². The molecule has 39 heavy (non-hydrogen) atoms. The molecular weight excluding hydrogens is 595 g/mol. The van der Waals surface area contributed by atoms with Gasteiger partial charge in [0.25, 0.3) is 0 Å². The van der Waals surface area contributed by atoms with Gasteiger partial charge < -0.3 is 23.5 Å². The molecule has 0 aliphatic rings. The molecular formula is C25H25Cl3N2O8S. The fraction of sp³-hybridized carbons (Fsp3) is 0.320. The Kier molecular flexibility index (Phi) is 10.9. The highest BCUT2D eigenvalue weighted by Gasteiger charge is 2.23. The van der Waals surface area contributed by atoms with Gasteiger partial charge >= 0.3 is 11.9 Å². The molecule has 1 aromatic heterocycles. The lowest BCUT2D eigenvalue weighted by atomic mass is 10.3. The number of rotatable bonds is 13. The Bertz CT molecular complexity index is 1360. The Morgan fingerprint density at radius 3 is 2.05 bits per heavy atom. The van der Waals surface area contributed by atoms with E-state index in [-0.39, 0.29) is 44.7 Å². The first-order chi connectivity index (χ1) is 18.5. The van der Waals surface area contributed by atoms with Crippen molar-refractivity contribution < 1.29 is 37.0 Å². The zero-order valence-corrected chi connectivity index (χ0v) is 24.0. The predicted octanol–water partition coefficient (Wildman–Crippen LogP) is 4.58. The molecule has 2 aromatic carbocycles. The molecule has 1 heterocycles. The van der Waals surface area contributed by atoms with Gasteiger partial charge in [0.05, 0.1) is 38.6 Å². The highest BCUT2D eigenvalue weighted by atomic mass is 35.5. The fourth-order valence-electron chi connectivity index (χ4n) is 3.38. The van der Waals surface area contributed by atoms with Crippen molar-refractivity contribution in [3.63, 3.8) is 0 Å². The monoisotopic (exact) mass is 618 g/mol. The zero-order chi connectivity index (χ0) is 28.6. The molecule has 0 bridgehead atoms. The number of aromatic nitrogens is 2. The van der Waals surface area contributed by atoms with E-state index in [2.05, 4.69) is 4.98 Å². The standard InChI is InChI=1S/C25H25Cl3N2O8S/c1-16(31)37-19(11-26)13-36-25-23(27)9-22(10-24(25)28)39(33,34)21-5-3-18(4-6-21)35-14-20(38-17(2)32)12-30-8-7-29-15-30/h3-10,15,19-20H,11-14H2,1-2H3/t19-,20?/m0/s1. The lowest BCUT2D eigenvalue weighted by molar-refractivity contribution is -0.148. The third kappa shape index (κ3) is 8.76. The largest absolute Gasteiger partial charge is 0.490 e. The van der Waals surface area contributed by atoms with E-state index in [4.69, 9.17) is 53.8 Å². The average molecular weight is 620 g/mol. The Labute approximate surface area is 240 Å². The molecule has 3 rings (SSSR count). The van der Waals surface area contributed by atoms with Gasteiger partial charge in [0.2, 0.25) is 9.84 Å². The van der Waals surface area contributed by atoms with Crippen LogP contribution in [-0.2, 0) is 35.4 Å². The van der Waals surface area contributed by atoms with Crippen LogP contribution in [0.15, 0.2) is 64.9 Å². The topological polar surface area (TPSA) is 123 Å². The fourth-order valence-corrected chi connectivity index (χ4v) is 5.57. The van der Waals surface area contributed by atoms with Gasteiger partial charge in [-0.05, 0) is 36.4 Å². The quantitative estimate of drug-likeness (QED) is 0.200. The van der Waals surface area contributed by atoms with Gasteiger partial charge in [-0.25, -0.2) is 13.4 Å². The van der Waals surface area contributed by atoms with Gasteiger partial charge in [-0.2, -0.15) is 0 Å². The van der Waals surface area contributed by atoms with Crippen molar-refractivity contribution >= 4 is 56.6 Å². The van der Waals surface area contributed by atoms with Gasteiger partial charge in [-0.3, -0.25) is 9.59 Å². The van der Waals surface area contributed by atoms with Crippen LogP contribution in [0.3, 0.4) is 0 Å². The van der Waals surface area contributed by atoms with Crippen molar-refractivity contribution in [2.45, 2.75) is 42.4 Å². The SMILES string of the molecule is CC(=O)OC(COc1ccc(S(=O)(=O)c2cc(Cl)c(OC[C@H](CCl)OC(C)=O)c(Cl)c2)cc1)Cn1ccnc1. The van der Waals surface area contributed by atoms with Gasteiger partial charge in [0, 0.05) is 26.2 Å². The van der Waals surface area contributed by atoms with Crippen LogP contribution in [-0.4, -0.2) is 61.2 Å². The number of nitrogens with zero attached hydrogens (tertiary/aromatic N) is 2. The number of benzene rings is 2. The van der Waals surface area contributed by atoms with Crippen LogP contribution in [0.2, 0.25) is 10.0 Å². The van der Waals surface area contributed by atoms with Crippen molar-refractivity contribution in [1.29, 1.82) is 0 Å². The summed E-state index contributed by atoms with van der Waals surface area (Å²) in [7, 11) is -4.00. The summed E-state index contributed by atoms with van der Waals surface area (Å²) in [4.78, 5) is 26.4. The minimum atomic E-state index is -4.00. The van der Waals surface area contributed by atoms with E-state index < -0.39 is 34.0 Å². The Hall–Kier alpha value is -2.99. The van der Waals surface area contributed by atoms with Crippen LogP contribution in [0.4, 0.5) is 0 Å². The summed E-state index contributed by atoms with van der Waals surface area (Å²) in [6, 6.07) is 8.14. The molecule has 0 saturated heterocycles. The number of carbonyl (C=O) groups excluding carboxylic acids is 2. The van der Waals surface area contributed by atoms with Gasteiger partial charge in [0.1, 0.15) is 25.1 Å². The Morgan fingerprint density at radius 2 is 1.51 bits per heavy atom. The normalized spacial score (nSPS) is 12.8. The van der Waals surface area contributed by atoms with E-state index in [1.54, 1.807) is 23.3 Å². The molecule has 0 spiro atoms. The van der Waals surface area contributed by atoms with E-state index in [1.807, 2.05) is 0 Å². The van der Waals surface area contributed by atoms with Crippen LogP contribution in [0, 0.1) is 0 Å². The van der Waals surface area contributed by atoms with Gasteiger partial charge in [-0.15, -0.1) is 11.6 Å². The highest BCUT2D eigenvalue weighted by molar-refractivity contribution is 7.91. The Morgan fingerprint density at radius 1 is 0.923 bits per heavy atom. The van der Waals surface area contributed by atoms with E-state index in [9.17, 15) is 18.0 Å². The number of sulfone groups is 1. The molecule has 3 aromatic rings. The van der Waals surface area contributed by atoms with Crippen LogP contribution in [0.25, 0.3) is 0 Å². The molecule has 14 heteroatoms. The third-order valence-electron chi connectivity index (χ3n) is 5.08. The second-order valence-electron chi connectivity index (χ2n) is 8.19. The van der Waals surface area contributed by atoms with Gasteiger partial charge in [-0.1, -0.05) is 23.2 Å². The number of alkyl halides is 1. The minimum absolute atomic E-state index is 0.0178. The van der Waals surface area contributed by atoms with Crippen LogP contribution in [0.1, 0.15) is 13.8 Å². The molecule has 0 amide bonds. The van der Waals surface area contributed by atoms with E-state index >= 15 is 0 Å². The maximum Gasteiger partial charge on any atom is 0.303 e. The number of hydrogen-bond donors (Lipinski definition) is 0. The first-order valence-electron chi connectivity index (χ1n) is 11.5. The molecule has 10 nitrogen and oxygen atoms in total. The molecule has 0 N–H and O–H groups in total. The lowest BCUT2D eigenvalue weighted by Gasteiger charge is -2.18. The van der Waals surface area contributed by atoms with Crippen molar-refractivity contribution in [1.82, 2.24) is 9.55 Å². The van der Waals surface area contributed by atoms with Crippen molar-refractivity contribution in [2.24, 2.45) is 0 Å². The minimum Gasteiger partial charge on any atom is -0.490 e. The van der Waals surface area contributed by atoms with Crippen LogP contribution >= 0.6 is 34.8 Å². The molecule has 0 fully saturated rings. The third-order valence-corrected chi connectivity index (χ3v) is 7.73. The van der Waals surface area contributed by atoms with Crippen molar-refractivity contribution in [2.75, 3.05) is 19.1 Å². The summed E-state index contributed by atoms with van der Waals surface area (Å²) in [6.07, 6.45) is 3.60. The summed E-state index contributed by atoms with van der Waals surface area (Å²) in [5, 5.41) is -0.0989. The predicted molar refractivity (Wildman–Crippen MR) is 143 cm³/mol. The number of hydrogen-bond acceptors (Lipinski definition) is 9. The number of ether oxygens (including phenoxy) is 4. The number of imidazole rings is 1. The second kappa shape index (κ2) is 13.9. The van der Waals surface area contributed by atoms with Crippen LogP contribution < -0.4 is 9.47 Å². The highest BCUT2D eigenvalue weighted by Crippen LogP contribution is 2.37. The van der Waals surface area contributed by atoms with E-state index in [1.165, 1.54) is 50.2 Å². The smallest absolute Gasteiger partial charge is 0.303 e.